The highest BCUT2D eigenvalue weighted by Gasteiger charge is 2.38. The number of oxazole rings is 1. The third-order valence-electron chi connectivity index (χ3n) is 6.17. The Morgan fingerprint density at radius 2 is 1.92 bits per heavy atom. The lowest BCUT2D eigenvalue weighted by Gasteiger charge is -2.39. The summed E-state index contributed by atoms with van der Waals surface area (Å²) in [5.41, 5.74) is 6.18. The van der Waals surface area contributed by atoms with E-state index in [4.69, 9.17) is 24.4 Å². The van der Waals surface area contributed by atoms with Gasteiger partial charge < -0.3 is 34.0 Å². The minimum absolute atomic E-state index is 0.0417. The zero-order valence-corrected chi connectivity index (χ0v) is 22.7. The SMILES string of the molecule is CC.COCN1CCN(C(=O)c2nc(-c3ccc(OC(F)F)c(OCC4CC4)c3)oc2CN)C(C(=O)OC)C1. The number of benzene rings is 1. The van der Waals surface area contributed by atoms with Crippen molar-refractivity contribution in [1.82, 2.24) is 14.8 Å². The van der Waals surface area contributed by atoms with E-state index in [-0.39, 0.29) is 48.5 Å². The number of carbonyl (C=O) groups is 2. The second-order valence-corrected chi connectivity index (χ2v) is 8.82. The Kier molecular flexibility index (Phi) is 11.0. The van der Waals surface area contributed by atoms with Gasteiger partial charge in [0.2, 0.25) is 5.89 Å². The van der Waals surface area contributed by atoms with Gasteiger partial charge in [-0.1, -0.05) is 13.8 Å². The Labute approximate surface area is 226 Å². The summed E-state index contributed by atoms with van der Waals surface area (Å²) in [6.07, 6.45) is 2.03. The number of piperazine rings is 1. The molecule has 13 heteroatoms. The molecule has 1 saturated heterocycles. The zero-order chi connectivity index (χ0) is 28.5. The number of nitrogens with zero attached hydrogens (tertiary/aromatic N) is 3. The Hall–Kier alpha value is -3.29. The van der Waals surface area contributed by atoms with E-state index in [1.165, 1.54) is 30.2 Å². The summed E-state index contributed by atoms with van der Waals surface area (Å²) in [6, 6.07) is 3.41. The molecular formula is C26H36F2N4O7. The van der Waals surface area contributed by atoms with E-state index in [0.29, 0.717) is 31.4 Å². The van der Waals surface area contributed by atoms with Gasteiger partial charge in [-0.05, 0) is 37.0 Å². The smallest absolute Gasteiger partial charge is 0.387 e. The third kappa shape index (κ3) is 7.64. The maximum atomic E-state index is 13.5. The number of hydrogen-bond acceptors (Lipinski definition) is 10. The number of amides is 1. The monoisotopic (exact) mass is 554 g/mol. The molecule has 1 aliphatic carbocycles. The summed E-state index contributed by atoms with van der Waals surface area (Å²) in [7, 11) is 2.80. The van der Waals surface area contributed by atoms with E-state index in [2.05, 4.69) is 9.72 Å². The van der Waals surface area contributed by atoms with Crippen LogP contribution in [0.4, 0.5) is 8.78 Å². The van der Waals surface area contributed by atoms with E-state index < -0.39 is 24.5 Å². The van der Waals surface area contributed by atoms with Crippen molar-refractivity contribution in [2.45, 2.75) is 45.9 Å². The van der Waals surface area contributed by atoms with Crippen molar-refractivity contribution >= 4 is 11.9 Å². The van der Waals surface area contributed by atoms with Crippen LogP contribution in [0.25, 0.3) is 11.5 Å². The molecule has 2 heterocycles. The fourth-order valence-electron chi connectivity index (χ4n) is 4.08. The highest BCUT2D eigenvalue weighted by atomic mass is 19.3. The highest BCUT2D eigenvalue weighted by molar-refractivity contribution is 5.96. The predicted molar refractivity (Wildman–Crippen MR) is 136 cm³/mol. The van der Waals surface area contributed by atoms with Crippen LogP contribution in [0.15, 0.2) is 22.6 Å². The van der Waals surface area contributed by atoms with Crippen LogP contribution in [-0.4, -0.2) is 86.5 Å². The van der Waals surface area contributed by atoms with E-state index in [9.17, 15) is 18.4 Å². The average Bonchev–Trinajstić information content (AvgIpc) is 3.68. The molecule has 216 valence electrons. The average molecular weight is 555 g/mol. The molecule has 2 aromatic rings. The topological polar surface area (TPSA) is 130 Å². The normalized spacial score (nSPS) is 17.4. The second-order valence-electron chi connectivity index (χ2n) is 8.82. The first-order valence-corrected chi connectivity index (χ1v) is 12.9. The zero-order valence-electron chi connectivity index (χ0n) is 22.7. The van der Waals surface area contributed by atoms with Gasteiger partial charge in [-0.3, -0.25) is 9.69 Å². The molecule has 11 nitrogen and oxygen atoms in total. The fraction of sp³-hybridized carbons (Fsp3) is 0.577. The summed E-state index contributed by atoms with van der Waals surface area (Å²) in [6.45, 7) is 2.46. The molecule has 39 heavy (non-hydrogen) atoms. The van der Waals surface area contributed by atoms with Gasteiger partial charge in [0.15, 0.2) is 23.0 Å². The number of rotatable bonds is 11. The van der Waals surface area contributed by atoms with E-state index in [1.54, 1.807) is 7.11 Å². The Morgan fingerprint density at radius 3 is 2.54 bits per heavy atom. The Morgan fingerprint density at radius 1 is 1.18 bits per heavy atom. The lowest BCUT2D eigenvalue weighted by Crippen LogP contribution is -2.58. The van der Waals surface area contributed by atoms with Crippen molar-refractivity contribution < 1.29 is 41.7 Å². The molecule has 1 atom stereocenters. The standard InChI is InChI=1S/C24H30F2N4O7.C2H6/c1-33-13-29-7-8-30(16(11-29)23(32)34-2)22(31)20-19(10-27)36-21(28-20)15-5-6-17(37-24(25)26)18(9-15)35-12-14-3-4-14;1-2/h5-6,9,14,16,24H,3-4,7-8,10-13,27H2,1-2H3;1-2H3. The van der Waals surface area contributed by atoms with Crippen LogP contribution in [0, 0.1) is 5.92 Å². The molecule has 0 radical (unpaired) electrons. The van der Waals surface area contributed by atoms with Gasteiger partial charge in [0.25, 0.3) is 5.91 Å². The third-order valence-corrected chi connectivity index (χ3v) is 6.17. The summed E-state index contributed by atoms with van der Waals surface area (Å²) in [4.78, 5) is 33.6. The maximum absolute atomic E-state index is 13.5. The van der Waals surface area contributed by atoms with Crippen molar-refractivity contribution in [2.75, 3.05) is 47.2 Å². The van der Waals surface area contributed by atoms with Crippen molar-refractivity contribution in [3.63, 3.8) is 0 Å². The van der Waals surface area contributed by atoms with Crippen LogP contribution >= 0.6 is 0 Å². The van der Waals surface area contributed by atoms with Crippen LogP contribution in [0.3, 0.4) is 0 Å². The summed E-state index contributed by atoms with van der Waals surface area (Å²) < 4.78 is 51.9. The number of nitrogens with two attached hydrogens (primary N) is 1. The number of carbonyl (C=O) groups excluding carboxylic acids is 2. The number of aromatic nitrogens is 1. The first kappa shape index (κ1) is 30.3. The fourth-order valence-corrected chi connectivity index (χ4v) is 4.08. The Bertz CT molecular complexity index is 1110. The number of halogens is 2. The van der Waals surface area contributed by atoms with E-state index >= 15 is 0 Å². The summed E-state index contributed by atoms with van der Waals surface area (Å²) in [5, 5.41) is 0. The van der Waals surface area contributed by atoms with Crippen LogP contribution in [0.5, 0.6) is 11.5 Å². The van der Waals surface area contributed by atoms with Crippen molar-refractivity contribution in [1.29, 1.82) is 0 Å². The second kappa shape index (κ2) is 14.2. The van der Waals surface area contributed by atoms with Crippen LogP contribution in [0.1, 0.15) is 42.9 Å². The quantitative estimate of drug-likeness (QED) is 0.414. The number of methoxy groups -OCH3 is 2. The Balaban J connectivity index is 0.00000205. The van der Waals surface area contributed by atoms with Gasteiger partial charge in [-0.15, -0.1) is 0 Å². The number of esters is 1. The highest BCUT2D eigenvalue weighted by Crippen LogP contribution is 2.37. The number of ether oxygens (including phenoxy) is 4. The molecule has 2 aliphatic rings. The summed E-state index contributed by atoms with van der Waals surface area (Å²) >= 11 is 0. The van der Waals surface area contributed by atoms with Gasteiger partial charge in [0, 0.05) is 32.3 Å². The maximum Gasteiger partial charge on any atom is 0.387 e. The van der Waals surface area contributed by atoms with Crippen LogP contribution in [-0.2, 0) is 20.8 Å². The molecule has 1 saturated carbocycles. The van der Waals surface area contributed by atoms with Gasteiger partial charge in [-0.25, -0.2) is 9.78 Å². The molecule has 2 N–H and O–H groups in total. The predicted octanol–water partition coefficient (Wildman–Crippen LogP) is 3.12. The first-order chi connectivity index (χ1) is 18.8. The largest absolute Gasteiger partial charge is 0.489 e. The van der Waals surface area contributed by atoms with Crippen molar-refractivity contribution in [3.05, 3.63) is 29.7 Å². The van der Waals surface area contributed by atoms with E-state index in [0.717, 1.165) is 12.8 Å². The molecule has 0 spiro atoms. The molecule has 1 aliphatic heterocycles. The molecule has 1 aromatic heterocycles. The molecule has 4 rings (SSSR count). The van der Waals surface area contributed by atoms with Crippen molar-refractivity contribution in [2.24, 2.45) is 11.7 Å². The molecular weight excluding hydrogens is 518 g/mol. The van der Waals surface area contributed by atoms with Gasteiger partial charge >= 0.3 is 12.6 Å². The molecule has 1 amide bonds. The first-order valence-electron chi connectivity index (χ1n) is 12.9. The summed E-state index contributed by atoms with van der Waals surface area (Å²) in [5.74, 6) is -0.552. The lowest BCUT2D eigenvalue weighted by atomic mass is 10.1. The van der Waals surface area contributed by atoms with Crippen LogP contribution in [0.2, 0.25) is 0 Å². The van der Waals surface area contributed by atoms with Crippen LogP contribution < -0.4 is 15.2 Å². The van der Waals surface area contributed by atoms with Gasteiger partial charge in [0.1, 0.15) is 6.04 Å². The molecule has 2 fully saturated rings. The number of alkyl halides is 2. The van der Waals surface area contributed by atoms with Crippen molar-refractivity contribution in [3.8, 4) is 23.0 Å². The minimum Gasteiger partial charge on any atom is -0.489 e. The molecule has 1 aromatic carbocycles. The number of hydrogen-bond donors (Lipinski definition) is 1. The minimum atomic E-state index is -3.02. The van der Waals surface area contributed by atoms with Gasteiger partial charge in [-0.2, -0.15) is 8.78 Å². The molecule has 1 unspecified atom stereocenters. The lowest BCUT2D eigenvalue weighted by molar-refractivity contribution is -0.149. The van der Waals surface area contributed by atoms with E-state index in [1.807, 2.05) is 18.7 Å². The van der Waals surface area contributed by atoms with Gasteiger partial charge in [0.05, 0.1) is 27.0 Å². The molecule has 0 bridgehead atoms.